The van der Waals surface area contributed by atoms with Gasteiger partial charge in [-0.2, -0.15) is 0 Å². The topological polar surface area (TPSA) is 49.4 Å². The highest BCUT2D eigenvalue weighted by atomic mass is 16.2. The van der Waals surface area contributed by atoms with Crippen LogP contribution in [-0.2, 0) is 16.1 Å². The molecule has 1 N–H and O–H groups in total. The first-order chi connectivity index (χ1) is 12.2. The van der Waals surface area contributed by atoms with Gasteiger partial charge in [-0.3, -0.25) is 9.59 Å². The van der Waals surface area contributed by atoms with Crippen LogP contribution in [0, 0.1) is 5.92 Å². The molecule has 1 atom stereocenters. The molecule has 2 aromatic rings. The molecule has 1 aliphatic rings. The minimum absolute atomic E-state index is 0.0380. The van der Waals surface area contributed by atoms with Gasteiger partial charge < -0.3 is 10.2 Å². The van der Waals surface area contributed by atoms with Crippen LogP contribution < -0.4 is 5.32 Å². The number of nitrogens with one attached hydrogen (secondary N) is 1. The van der Waals surface area contributed by atoms with E-state index in [0.717, 1.165) is 11.1 Å². The first-order valence-electron chi connectivity index (χ1n) is 8.87. The smallest absolute Gasteiger partial charge is 0.225 e. The lowest BCUT2D eigenvalue weighted by molar-refractivity contribution is -0.138. The van der Waals surface area contributed by atoms with Crippen LogP contribution in [0.2, 0.25) is 0 Å². The van der Waals surface area contributed by atoms with E-state index in [2.05, 4.69) is 29.6 Å². The van der Waals surface area contributed by atoms with Crippen LogP contribution in [0.25, 0.3) is 11.1 Å². The van der Waals surface area contributed by atoms with Crippen molar-refractivity contribution in [2.75, 3.05) is 13.1 Å². The van der Waals surface area contributed by atoms with Gasteiger partial charge in [0.25, 0.3) is 0 Å². The predicted octanol–water partition coefficient (Wildman–Crippen LogP) is 3.23. The molecule has 0 aliphatic carbocycles. The SMILES string of the molecule is CCN1C[C@@H](C(=O)NCc2cccc(-c3ccccc3)c2)CCC1=O. The number of rotatable bonds is 5. The number of likely N-dealkylation sites (tertiary alicyclic amines) is 1. The van der Waals surface area contributed by atoms with E-state index in [-0.39, 0.29) is 17.7 Å². The molecule has 1 heterocycles. The Morgan fingerprint density at radius 3 is 2.64 bits per heavy atom. The summed E-state index contributed by atoms with van der Waals surface area (Å²) in [6, 6.07) is 18.4. The van der Waals surface area contributed by atoms with Gasteiger partial charge in [0.1, 0.15) is 0 Å². The first kappa shape index (κ1) is 17.2. The molecule has 0 aromatic heterocycles. The van der Waals surface area contributed by atoms with Gasteiger partial charge in [0, 0.05) is 26.1 Å². The fraction of sp³-hybridized carbons (Fsp3) is 0.333. The first-order valence-corrected chi connectivity index (χ1v) is 8.87. The summed E-state index contributed by atoms with van der Waals surface area (Å²) in [6.07, 6.45) is 1.11. The Bertz CT molecular complexity index is 743. The molecular weight excluding hydrogens is 312 g/mol. The third kappa shape index (κ3) is 4.27. The van der Waals surface area contributed by atoms with E-state index in [1.54, 1.807) is 4.90 Å². The summed E-state index contributed by atoms with van der Waals surface area (Å²) in [6.45, 7) is 3.66. The highest BCUT2D eigenvalue weighted by Crippen LogP contribution is 2.21. The van der Waals surface area contributed by atoms with Crippen LogP contribution >= 0.6 is 0 Å². The van der Waals surface area contributed by atoms with Crippen molar-refractivity contribution in [1.29, 1.82) is 0 Å². The highest BCUT2D eigenvalue weighted by molar-refractivity contribution is 5.83. The molecular formula is C21H24N2O2. The van der Waals surface area contributed by atoms with Crippen LogP contribution in [0.1, 0.15) is 25.3 Å². The average molecular weight is 336 g/mol. The second kappa shape index (κ2) is 7.97. The third-order valence-corrected chi connectivity index (χ3v) is 4.75. The van der Waals surface area contributed by atoms with Crippen molar-refractivity contribution in [3.8, 4) is 11.1 Å². The van der Waals surface area contributed by atoms with Crippen molar-refractivity contribution in [1.82, 2.24) is 10.2 Å². The van der Waals surface area contributed by atoms with Gasteiger partial charge >= 0.3 is 0 Å². The molecule has 4 nitrogen and oxygen atoms in total. The second-order valence-corrected chi connectivity index (χ2v) is 6.45. The molecule has 2 amide bonds. The lowest BCUT2D eigenvalue weighted by Gasteiger charge is -2.31. The van der Waals surface area contributed by atoms with Gasteiger partial charge in [-0.05, 0) is 36.1 Å². The number of hydrogen-bond donors (Lipinski definition) is 1. The van der Waals surface area contributed by atoms with E-state index < -0.39 is 0 Å². The van der Waals surface area contributed by atoms with Gasteiger partial charge in [0.05, 0.1) is 5.92 Å². The van der Waals surface area contributed by atoms with Gasteiger partial charge in [0.2, 0.25) is 11.8 Å². The number of hydrogen-bond acceptors (Lipinski definition) is 2. The van der Waals surface area contributed by atoms with Crippen molar-refractivity contribution in [3.05, 3.63) is 60.2 Å². The Balaban J connectivity index is 1.60. The van der Waals surface area contributed by atoms with E-state index in [0.29, 0.717) is 32.5 Å². The van der Waals surface area contributed by atoms with Crippen LogP contribution in [0.3, 0.4) is 0 Å². The van der Waals surface area contributed by atoms with Crippen molar-refractivity contribution in [2.45, 2.75) is 26.3 Å². The Hall–Kier alpha value is -2.62. The predicted molar refractivity (Wildman–Crippen MR) is 98.7 cm³/mol. The average Bonchev–Trinajstić information content (AvgIpc) is 2.67. The fourth-order valence-electron chi connectivity index (χ4n) is 3.26. The van der Waals surface area contributed by atoms with Gasteiger partial charge in [-0.25, -0.2) is 0 Å². The summed E-state index contributed by atoms with van der Waals surface area (Å²) in [4.78, 5) is 26.0. The number of nitrogens with zero attached hydrogens (tertiary/aromatic N) is 1. The maximum absolute atomic E-state index is 12.4. The lowest BCUT2D eigenvalue weighted by Crippen LogP contribution is -2.45. The highest BCUT2D eigenvalue weighted by Gasteiger charge is 2.29. The van der Waals surface area contributed by atoms with Crippen LogP contribution in [0.15, 0.2) is 54.6 Å². The van der Waals surface area contributed by atoms with E-state index in [9.17, 15) is 9.59 Å². The van der Waals surface area contributed by atoms with E-state index >= 15 is 0 Å². The van der Waals surface area contributed by atoms with Crippen molar-refractivity contribution in [2.24, 2.45) is 5.92 Å². The number of piperidine rings is 1. The summed E-state index contributed by atoms with van der Waals surface area (Å²) >= 11 is 0. The summed E-state index contributed by atoms with van der Waals surface area (Å²) in [5.74, 6) is 0.0909. The minimum Gasteiger partial charge on any atom is -0.352 e. The second-order valence-electron chi connectivity index (χ2n) is 6.45. The van der Waals surface area contributed by atoms with Crippen molar-refractivity contribution < 1.29 is 9.59 Å². The molecule has 2 aromatic carbocycles. The van der Waals surface area contributed by atoms with E-state index in [1.165, 1.54) is 5.56 Å². The molecule has 1 fully saturated rings. The van der Waals surface area contributed by atoms with E-state index in [4.69, 9.17) is 0 Å². The molecule has 0 spiro atoms. The Kier molecular flexibility index (Phi) is 5.49. The summed E-state index contributed by atoms with van der Waals surface area (Å²) in [7, 11) is 0. The Labute approximate surface area is 148 Å². The summed E-state index contributed by atoms with van der Waals surface area (Å²) < 4.78 is 0. The van der Waals surface area contributed by atoms with E-state index in [1.807, 2.05) is 37.3 Å². The third-order valence-electron chi connectivity index (χ3n) is 4.75. The molecule has 1 saturated heterocycles. The molecule has 0 unspecified atom stereocenters. The standard InChI is InChI=1S/C21H24N2O2/c1-2-23-15-19(11-12-20(23)24)21(25)22-14-16-7-6-10-18(13-16)17-8-4-3-5-9-17/h3-10,13,19H,2,11-12,14-15H2,1H3,(H,22,25)/t19-/m0/s1. The van der Waals surface area contributed by atoms with Crippen LogP contribution in [0.5, 0.6) is 0 Å². The van der Waals surface area contributed by atoms with Crippen LogP contribution in [0.4, 0.5) is 0 Å². The maximum Gasteiger partial charge on any atom is 0.225 e. The largest absolute Gasteiger partial charge is 0.352 e. The molecule has 1 aliphatic heterocycles. The molecule has 0 saturated carbocycles. The normalized spacial score (nSPS) is 17.4. The van der Waals surface area contributed by atoms with Gasteiger partial charge in [0.15, 0.2) is 0 Å². The quantitative estimate of drug-likeness (QED) is 0.911. The Morgan fingerprint density at radius 1 is 1.12 bits per heavy atom. The molecule has 4 heteroatoms. The number of amides is 2. The fourth-order valence-corrected chi connectivity index (χ4v) is 3.26. The van der Waals surface area contributed by atoms with Gasteiger partial charge in [-0.15, -0.1) is 0 Å². The molecule has 130 valence electrons. The van der Waals surface area contributed by atoms with Crippen LogP contribution in [-0.4, -0.2) is 29.8 Å². The molecule has 0 bridgehead atoms. The monoisotopic (exact) mass is 336 g/mol. The zero-order chi connectivity index (χ0) is 17.6. The summed E-state index contributed by atoms with van der Waals surface area (Å²) in [5.41, 5.74) is 3.39. The van der Waals surface area contributed by atoms with Crippen molar-refractivity contribution >= 4 is 11.8 Å². The number of carbonyl (C=O) groups is 2. The molecule has 0 radical (unpaired) electrons. The minimum atomic E-state index is -0.102. The number of carbonyl (C=O) groups excluding carboxylic acids is 2. The molecule has 3 rings (SSSR count). The summed E-state index contributed by atoms with van der Waals surface area (Å²) in [5, 5.41) is 3.03. The lowest BCUT2D eigenvalue weighted by atomic mass is 9.96. The van der Waals surface area contributed by atoms with Crippen molar-refractivity contribution in [3.63, 3.8) is 0 Å². The van der Waals surface area contributed by atoms with Gasteiger partial charge in [-0.1, -0.05) is 48.5 Å². The zero-order valence-electron chi connectivity index (χ0n) is 14.6. The maximum atomic E-state index is 12.4. The molecule has 25 heavy (non-hydrogen) atoms. The Morgan fingerprint density at radius 2 is 1.88 bits per heavy atom. The number of benzene rings is 2. The zero-order valence-corrected chi connectivity index (χ0v) is 14.6.